The van der Waals surface area contributed by atoms with E-state index in [9.17, 15) is 19.7 Å². The first-order chi connectivity index (χ1) is 10.4. The molecule has 3 rings (SSSR count). The quantitative estimate of drug-likeness (QED) is 0.336. The van der Waals surface area contributed by atoms with E-state index in [2.05, 4.69) is 9.72 Å². The van der Waals surface area contributed by atoms with Crippen molar-refractivity contribution in [2.45, 2.75) is 6.92 Å². The summed E-state index contributed by atoms with van der Waals surface area (Å²) in [6, 6.07) is 3.88. The standard InChI is InChI=1S/C14H10N2O6/c1-6-10(13(17)21-2)11-12(15-6)8-5-7(16(19)20)3-4-9(8)22-14(11)18/h3-5,15H,1-2H3. The molecule has 0 amide bonds. The number of hydrogen-bond acceptors (Lipinski definition) is 6. The predicted octanol–water partition coefficient (Wildman–Crippen LogP) is 2.28. The van der Waals surface area contributed by atoms with Crippen LogP contribution in [-0.4, -0.2) is 23.0 Å². The second-order valence-corrected chi connectivity index (χ2v) is 4.69. The summed E-state index contributed by atoms with van der Waals surface area (Å²) in [6.07, 6.45) is 0. The molecule has 0 radical (unpaired) electrons. The van der Waals surface area contributed by atoms with Crippen molar-refractivity contribution in [2.75, 3.05) is 7.11 Å². The maximum absolute atomic E-state index is 12.1. The van der Waals surface area contributed by atoms with Crippen molar-refractivity contribution in [1.82, 2.24) is 4.98 Å². The number of fused-ring (bicyclic) bond motifs is 3. The van der Waals surface area contributed by atoms with Gasteiger partial charge in [0.2, 0.25) is 0 Å². The fourth-order valence-corrected chi connectivity index (χ4v) is 2.46. The van der Waals surface area contributed by atoms with Gasteiger partial charge in [-0.1, -0.05) is 0 Å². The van der Waals surface area contributed by atoms with Crippen molar-refractivity contribution in [3.63, 3.8) is 0 Å². The highest BCUT2D eigenvalue weighted by Gasteiger charge is 2.23. The molecule has 0 spiro atoms. The third kappa shape index (κ3) is 1.85. The van der Waals surface area contributed by atoms with Gasteiger partial charge in [0, 0.05) is 23.2 Å². The van der Waals surface area contributed by atoms with Gasteiger partial charge >= 0.3 is 11.6 Å². The van der Waals surface area contributed by atoms with Crippen LogP contribution in [0.5, 0.6) is 0 Å². The van der Waals surface area contributed by atoms with Crippen molar-refractivity contribution >= 4 is 33.5 Å². The number of nitrogens with one attached hydrogen (secondary N) is 1. The normalized spacial score (nSPS) is 11.0. The zero-order chi connectivity index (χ0) is 16.0. The van der Waals surface area contributed by atoms with Crippen molar-refractivity contribution < 1.29 is 18.9 Å². The lowest BCUT2D eigenvalue weighted by atomic mass is 10.1. The van der Waals surface area contributed by atoms with Crippen LogP contribution in [0.2, 0.25) is 0 Å². The minimum absolute atomic E-state index is 0.0253. The lowest BCUT2D eigenvalue weighted by Crippen LogP contribution is -2.07. The van der Waals surface area contributed by atoms with E-state index in [0.29, 0.717) is 16.6 Å². The molecule has 22 heavy (non-hydrogen) atoms. The number of aromatic amines is 1. The number of methoxy groups -OCH3 is 1. The van der Waals surface area contributed by atoms with Gasteiger partial charge < -0.3 is 14.1 Å². The van der Waals surface area contributed by atoms with Crippen molar-refractivity contribution in [2.24, 2.45) is 0 Å². The van der Waals surface area contributed by atoms with E-state index in [0.717, 1.165) is 0 Å². The molecule has 8 heteroatoms. The molecule has 1 N–H and O–H groups in total. The Labute approximate surface area is 122 Å². The Balaban J connectivity index is 2.50. The van der Waals surface area contributed by atoms with Crippen molar-refractivity contribution in [3.05, 3.63) is 50.0 Å². The third-order valence-corrected chi connectivity index (χ3v) is 3.43. The van der Waals surface area contributed by atoms with E-state index >= 15 is 0 Å². The largest absolute Gasteiger partial charge is 0.465 e. The Kier molecular flexibility index (Phi) is 2.94. The highest BCUT2D eigenvalue weighted by Crippen LogP contribution is 2.29. The molecule has 3 aromatic rings. The van der Waals surface area contributed by atoms with Gasteiger partial charge in [-0.25, -0.2) is 9.59 Å². The fourth-order valence-electron chi connectivity index (χ4n) is 2.46. The molecule has 0 aliphatic heterocycles. The van der Waals surface area contributed by atoms with Gasteiger partial charge in [0.05, 0.1) is 23.1 Å². The highest BCUT2D eigenvalue weighted by atomic mass is 16.6. The molecule has 0 saturated heterocycles. The molecule has 1 aromatic carbocycles. The van der Waals surface area contributed by atoms with Crippen LogP contribution in [-0.2, 0) is 4.74 Å². The number of carbonyl (C=O) groups is 1. The first-order valence-electron chi connectivity index (χ1n) is 6.26. The summed E-state index contributed by atoms with van der Waals surface area (Å²) in [5.74, 6) is -0.680. The number of non-ortho nitro benzene ring substituents is 1. The number of nitro groups is 1. The lowest BCUT2D eigenvalue weighted by molar-refractivity contribution is -0.384. The molecule has 2 aromatic heterocycles. The number of rotatable bonds is 2. The van der Waals surface area contributed by atoms with Crippen LogP contribution in [0.25, 0.3) is 21.9 Å². The van der Waals surface area contributed by atoms with Crippen LogP contribution in [0.1, 0.15) is 16.1 Å². The summed E-state index contributed by atoms with van der Waals surface area (Å²) >= 11 is 0. The highest BCUT2D eigenvalue weighted by molar-refractivity contribution is 6.12. The molecule has 0 aliphatic rings. The van der Waals surface area contributed by atoms with Crippen LogP contribution in [0.4, 0.5) is 5.69 Å². The zero-order valence-electron chi connectivity index (χ0n) is 11.6. The molecular weight excluding hydrogens is 292 g/mol. The monoisotopic (exact) mass is 302 g/mol. The predicted molar refractivity (Wildman–Crippen MR) is 77.1 cm³/mol. The Morgan fingerprint density at radius 1 is 1.41 bits per heavy atom. The van der Waals surface area contributed by atoms with E-state index in [4.69, 9.17) is 4.42 Å². The van der Waals surface area contributed by atoms with E-state index in [1.54, 1.807) is 6.92 Å². The SMILES string of the molecule is COC(=O)c1c(C)[nH]c2c1c(=O)oc1ccc([N+](=O)[O-])cc12. The smallest absolute Gasteiger partial charge is 0.346 e. The molecule has 8 nitrogen and oxygen atoms in total. The minimum atomic E-state index is -0.707. The molecule has 2 heterocycles. The molecule has 0 bridgehead atoms. The van der Waals surface area contributed by atoms with Gasteiger partial charge in [-0.15, -0.1) is 0 Å². The van der Waals surface area contributed by atoms with E-state index in [1.165, 1.54) is 25.3 Å². The second-order valence-electron chi connectivity index (χ2n) is 4.69. The maximum atomic E-state index is 12.1. The number of aryl methyl sites for hydroxylation is 1. The maximum Gasteiger partial charge on any atom is 0.346 e. The summed E-state index contributed by atoms with van der Waals surface area (Å²) in [4.78, 5) is 37.2. The van der Waals surface area contributed by atoms with Gasteiger partial charge in [0.25, 0.3) is 5.69 Å². The number of H-pyrrole nitrogens is 1. The Morgan fingerprint density at radius 2 is 2.14 bits per heavy atom. The van der Waals surface area contributed by atoms with Crippen LogP contribution in [0, 0.1) is 17.0 Å². The van der Waals surface area contributed by atoms with Crippen LogP contribution in [0.3, 0.4) is 0 Å². The van der Waals surface area contributed by atoms with Gasteiger partial charge in [-0.2, -0.15) is 0 Å². The van der Waals surface area contributed by atoms with Crippen LogP contribution in [0.15, 0.2) is 27.4 Å². The number of nitrogens with zero attached hydrogens (tertiary/aromatic N) is 1. The van der Waals surface area contributed by atoms with E-state index < -0.39 is 16.5 Å². The second kappa shape index (κ2) is 4.69. The van der Waals surface area contributed by atoms with Gasteiger partial charge in [0.15, 0.2) is 0 Å². The van der Waals surface area contributed by atoms with Gasteiger partial charge in [-0.3, -0.25) is 10.1 Å². The molecule has 0 unspecified atom stereocenters. The molecule has 0 fully saturated rings. The van der Waals surface area contributed by atoms with Gasteiger partial charge in [0.1, 0.15) is 11.0 Å². The summed E-state index contributed by atoms with van der Waals surface area (Å²) in [5, 5.41) is 11.3. The Morgan fingerprint density at radius 3 is 2.77 bits per heavy atom. The first-order valence-corrected chi connectivity index (χ1v) is 6.26. The summed E-state index contributed by atoms with van der Waals surface area (Å²) in [7, 11) is 1.20. The average Bonchev–Trinajstić information content (AvgIpc) is 2.84. The Bertz CT molecular complexity index is 998. The number of hydrogen-bond donors (Lipinski definition) is 1. The third-order valence-electron chi connectivity index (χ3n) is 3.43. The molecular formula is C14H10N2O6. The zero-order valence-corrected chi connectivity index (χ0v) is 11.6. The van der Waals surface area contributed by atoms with Gasteiger partial charge in [-0.05, 0) is 13.0 Å². The lowest BCUT2D eigenvalue weighted by Gasteiger charge is -2.00. The first kappa shape index (κ1) is 13.8. The number of aromatic nitrogens is 1. The molecule has 0 aliphatic carbocycles. The van der Waals surface area contributed by atoms with E-state index in [-0.39, 0.29) is 22.2 Å². The minimum Gasteiger partial charge on any atom is -0.465 e. The van der Waals surface area contributed by atoms with Crippen LogP contribution < -0.4 is 5.63 Å². The number of carbonyl (C=O) groups excluding carboxylic acids is 1. The van der Waals surface area contributed by atoms with Crippen molar-refractivity contribution in [1.29, 1.82) is 0 Å². The summed E-state index contributed by atoms with van der Waals surface area (Å²) < 4.78 is 9.82. The molecule has 112 valence electrons. The summed E-state index contributed by atoms with van der Waals surface area (Å²) in [5.41, 5.74) is 0.150. The fraction of sp³-hybridized carbons (Fsp3) is 0.143. The molecule has 0 atom stereocenters. The topological polar surface area (TPSA) is 115 Å². The summed E-state index contributed by atoms with van der Waals surface area (Å²) in [6.45, 7) is 1.61. The van der Waals surface area contributed by atoms with Crippen molar-refractivity contribution in [3.8, 4) is 0 Å². The Hall–Kier alpha value is -3.16. The number of ether oxygens (including phenoxy) is 1. The average molecular weight is 302 g/mol. The number of benzene rings is 1. The number of nitro benzene ring substituents is 1. The van der Waals surface area contributed by atoms with Crippen LogP contribution >= 0.6 is 0 Å². The molecule has 0 saturated carbocycles. The number of esters is 1. The van der Waals surface area contributed by atoms with E-state index in [1.807, 2.05) is 0 Å².